The van der Waals surface area contributed by atoms with Crippen molar-refractivity contribution in [2.45, 2.75) is 64.0 Å². The van der Waals surface area contributed by atoms with Gasteiger partial charge in [-0.3, -0.25) is 4.79 Å². The molecule has 0 aromatic heterocycles. The van der Waals surface area contributed by atoms with Crippen LogP contribution in [0, 0.1) is 17.8 Å². The van der Waals surface area contributed by atoms with Crippen LogP contribution in [0.5, 0.6) is 0 Å². The van der Waals surface area contributed by atoms with E-state index in [1.165, 1.54) is 18.4 Å². The Morgan fingerprint density at radius 2 is 1.69 bits per heavy atom. The number of benzene rings is 1. The third-order valence-electron chi connectivity index (χ3n) is 7.28. The molecule has 1 aliphatic heterocycles. The number of carbonyl (C=O) groups excluding carboxylic acids is 1. The van der Waals surface area contributed by atoms with Gasteiger partial charge in [0.1, 0.15) is 0 Å². The highest BCUT2D eigenvalue weighted by atomic mass is 16.5. The molecule has 1 saturated heterocycles. The Kier molecular flexibility index (Phi) is 5.78. The largest absolute Gasteiger partial charge is 0.376 e. The first-order chi connectivity index (χ1) is 13.7. The van der Waals surface area contributed by atoms with Crippen LogP contribution in [-0.4, -0.2) is 61.6 Å². The van der Waals surface area contributed by atoms with Gasteiger partial charge in [0.25, 0.3) is 5.91 Å². The van der Waals surface area contributed by atoms with E-state index in [1.54, 1.807) is 0 Å². The van der Waals surface area contributed by atoms with Gasteiger partial charge in [0.15, 0.2) is 0 Å². The number of likely N-dealkylation sites (N-methyl/N-ethyl adjacent to an activating group) is 1. The molecule has 1 aromatic rings. The molecule has 3 aliphatic rings. The van der Waals surface area contributed by atoms with Gasteiger partial charge in [0.2, 0.25) is 0 Å². The number of amides is 1. The van der Waals surface area contributed by atoms with E-state index >= 15 is 0 Å². The molecule has 0 N–H and O–H groups in total. The molecule has 0 radical (unpaired) electrons. The van der Waals surface area contributed by atoms with Crippen LogP contribution < -0.4 is 0 Å². The summed E-state index contributed by atoms with van der Waals surface area (Å²) in [6.45, 7) is 9.32. The van der Waals surface area contributed by atoms with Crippen molar-refractivity contribution in [2.75, 3.05) is 33.8 Å². The number of likely N-dealkylation sites (tertiary alicyclic amines) is 1. The third kappa shape index (κ3) is 4.69. The molecule has 2 aliphatic carbocycles. The van der Waals surface area contributed by atoms with Crippen molar-refractivity contribution >= 4 is 5.91 Å². The Hall–Kier alpha value is -1.39. The van der Waals surface area contributed by atoms with Crippen molar-refractivity contribution in [1.82, 2.24) is 9.80 Å². The summed E-state index contributed by atoms with van der Waals surface area (Å²) in [5.74, 6) is 2.17. The Balaban J connectivity index is 1.41. The second-order valence-electron chi connectivity index (χ2n) is 10.9. The van der Waals surface area contributed by atoms with E-state index in [9.17, 15) is 4.79 Å². The number of ether oxygens (including phenoxy) is 1. The standard InChI is InChI=1S/C25H38N2O2/c1-25(2,3)21-10-8-18(9-11-21)24(28)27-14-19-12-22(26(4)5)23(13-20(19)15-27)29-16-17-6-7-17/h8-11,17,19-20,22-23H,6-7,12-16H2,1-5H3/t19-,20+,22-,23-/m1/s1. The minimum atomic E-state index is 0.112. The summed E-state index contributed by atoms with van der Waals surface area (Å²) < 4.78 is 6.37. The zero-order valence-corrected chi connectivity index (χ0v) is 18.9. The predicted molar refractivity (Wildman–Crippen MR) is 117 cm³/mol. The molecule has 2 saturated carbocycles. The van der Waals surface area contributed by atoms with Crippen LogP contribution in [0.4, 0.5) is 0 Å². The van der Waals surface area contributed by atoms with Crippen LogP contribution >= 0.6 is 0 Å². The minimum Gasteiger partial charge on any atom is -0.376 e. The first kappa shape index (κ1) is 20.9. The van der Waals surface area contributed by atoms with Gasteiger partial charge in [-0.1, -0.05) is 32.9 Å². The zero-order chi connectivity index (χ0) is 20.8. The summed E-state index contributed by atoms with van der Waals surface area (Å²) in [4.78, 5) is 17.6. The highest BCUT2D eigenvalue weighted by molar-refractivity contribution is 5.94. The average Bonchev–Trinajstić information content (AvgIpc) is 3.41. The predicted octanol–water partition coefficient (Wildman–Crippen LogP) is 4.19. The van der Waals surface area contributed by atoms with Gasteiger partial charge >= 0.3 is 0 Å². The van der Waals surface area contributed by atoms with Gasteiger partial charge in [0, 0.05) is 31.3 Å². The number of rotatable bonds is 5. The minimum absolute atomic E-state index is 0.112. The highest BCUT2D eigenvalue weighted by Crippen LogP contribution is 2.40. The molecule has 1 aromatic carbocycles. The quantitative estimate of drug-likeness (QED) is 0.745. The van der Waals surface area contributed by atoms with Gasteiger partial charge < -0.3 is 14.5 Å². The second-order valence-corrected chi connectivity index (χ2v) is 10.9. The summed E-state index contributed by atoms with van der Waals surface area (Å²) >= 11 is 0. The van der Waals surface area contributed by atoms with Gasteiger partial charge in [-0.25, -0.2) is 0 Å². The van der Waals surface area contributed by atoms with E-state index in [2.05, 4.69) is 56.8 Å². The molecule has 4 rings (SSSR count). The lowest BCUT2D eigenvalue weighted by Crippen LogP contribution is -2.48. The van der Waals surface area contributed by atoms with Crippen LogP contribution in [0.15, 0.2) is 24.3 Å². The third-order valence-corrected chi connectivity index (χ3v) is 7.28. The van der Waals surface area contributed by atoms with Crippen LogP contribution in [0.1, 0.15) is 62.4 Å². The van der Waals surface area contributed by atoms with Crippen molar-refractivity contribution in [2.24, 2.45) is 17.8 Å². The second kappa shape index (κ2) is 8.03. The fourth-order valence-corrected chi connectivity index (χ4v) is 5.12. The molecule has 29 heavy (non-hydrogen) atoms. The maximum absolute atomic E-state index is 13.2. The molecule has 4 atom stereocenters. The summed E-state index contributed by atoms with van der Waals surface area (Å²) in [6.07, 6.45) is 5.21. The molecule has 4 nitrogen and oxygen atoms in total. The molecular formula is C25H38N2O2. The normalized spacial score (nSPS) is 29.9. The van der Waals surface area contributed by atoms with Crippen LogP contribution in [0.2, 0.25) is 0 Å². The SMILES string of the molecule is CN(C)[C@@H]1C[C@@H]2CN(C(=O)c3ccc(C(C)(C)C)cc3)C[C@@H]2C[C@H]1OCC1CC1. The number of carbonyl (C=O) groups is 1. The van der Waals surface area contributed by atoms with Gasteiger partial charge in [-0.05, 0) is 80.6 Å². The van der Waals surface area contributed by atoms with Crippen molar-refractivity contribution in [3.05, 3.63) is 35.4 Å². The fourth-order valence-electron chi connectivity index (χ4n) is 5.12. The van der Waals surface area contributed by atoms with Crippen molar-refractivity contribution in [1.29, 1.82) is 0 Å². The van der Waals surface area contributed by atoms with Gasteiger partial charge in [-0.2, -0.15) is 0 Å². The molecular weight excluding hydrogens is 360 g/mol. The Labute approximate surface area is 176 Å². The van der Waals surface area contributed by atoms with Gasteiger partial charge in [-0.15, -0.1) is 0 Å². The highest BCUT2D eigenvalue weighted by Gasteiger charge is 2.45. The van der Waals surface area contributed by atoms with Gasteiger partial charge in [0.05, 0.1) is 6.10 Å². The van der Waals surface area contributed by atoms with Crippen molar-refractivity contribution < 1.29 is 9.53 Å². The Morgan fingerprint density at radius 1 is 1.07 bits per heavy atom. The van der Waals surface area contributed by atoms with E-state index in [0.29, 0.717) is 24.0 Å². The summed E-state index contributed by atoms with van der Waals surface area (Å²) in [5, 5.41) is 0. The first-order valence-electron chi connectivity index (χ1n) is 11.4. The maximum Gasteiger partial charge on any atom is 0.253 e. The summed E-state index contributed by atoms with van der Waals surface area (Å²) in [6, 6.07) is 8.71. The smallest absolute Gasteiger partial charge is 0.253 e. The molecule has 1 amide bonds. The van der Waals surface area contributed by atoms with Crippen molar-refractivity contribution in [3.63, 3.8) is 0 Å². The lowest BCUT2D eigenvalue weighted by Gasteiger charge is -2.41. The average molecular weight is 399 g/mol. The number of nitrogens with zero attached hydrogens (tertiary/aromatic N) is 2. The van der Waals surface area contributed by atoms with Crippen LogP contribution in [-0.2, 0) is 10.2 Å². The van der Waals surface area contributed by atoms with E-state index in [0.717, 1.165) is 44.0 Å². The monoisotopic (exact) mass is 398 g/mol. The van der Waals surface area contributed by atoms with E-state index in [-0.39, 0.29) is 11.3 Å². The summed E-state index contributed by atoms with van der Waals surface area (Å²) in [5.41, 5.74) is 2.21. The van der Waals surface area contributed by atoms with E-state index in [1.807, 2.05) is 12.1 Å². The Morgan fingerprint density at radius 3 is 2.24 bits per heavy atom. The molecule has 160 valence electrons. The molecule has 0 unspecified atom stereocenters. The maximum atomic E-state index is 13.2. The van der Waals surface area contributed by atoms with E-state index < -0.39 is 0 Å². The van der Waals surface area contributed by atoms with Crippen molar-refractivity contribution in [3.8, 4) is 0 Å². The molecule has 4 heteroatoms. The van der Waals surface area contributed by atoms with E-state index in [4.69, 9.17) is 4.74 Å². The van der Waals surface area contributed by atoms with Crippen LogP contribution in [0.25, 0.3) is 0 Å². The topological polar surface area (TPSA) is 32.8 Å². The molecule has 0 spiro atoms. The zero-order valence-electron chi connectivity index (χ0n) is 18.9. The van der Waals surface area contributed by atoms with Crippen LogP contribution in [0.3, 0.4) is 0 Å². The number of hydrogen-bond donors (Lipinski definition) is 0. The number of hydrogen-bond acceptors (Lipinski definition) is 3. The fraction of sp³-hybridized carbons (Fsp3) is 0.720. The molecule has 1 heterocycles. The first-order valence-corrected chi connectivity index (χ1v) is 11.4. The Bertz CT molecular complexity index is 717. The molecule has 0 bridgehead atoms. The molecule has 3 fully saturated rings. The number of fused-ring (bicyclic) bond motifs is 1. The summed E-state index contributed by atoms with van der Waals surface area (Å²) in [7, 11) is 4.35. The lowest BCUT2D eigenvalue weighted by atomic mass is 9.77. The lowest BCUT2D eigenvalue weighted by molar-refractivity contribution is -0.0493.